The van der Waals surface area contributed by atoms with Crippen LogP contribution in [0.2, 0.25) is 0 Å². The Hall–Kier alpha value is -3.13. The van der Waals surface area contributed by atoms with E-state index in [9.17, 15) is 22.8 Å². The summed E-state index contributed by atoms with van der Waals surface area (Å²) < 4.78 is 39.4. The molecule has 1 aromatic heterocycles. The largest absolute Gasteiger partial charge is 0.417 e. The summed E-state index contributed by atoms with van der Waals surface area (Å²) in [7, 11) is 0. The van der Waals surface area contributed by atoms with Crippen molar-refractivity contribution in [3.63, 3.8) is 0 Å². The topological polar surface area (TPSA) is 49.4 Å². The number of carbonyl (C=O) groups is 2. The van der Waals surface area contributed by atoms with E-state index < -0.39 is 23.2 Å². The van der Waals surface area contributed by atoms with Crippen molar-refractivity contribution in [3.05, 3.63) is 81.5 Å². The van der Waals surface area contributed by atoms with Crippen molar-refractivity contribution < 1.29 is 22.8 Å². The number of rotatable bonds is 3. The summed E-state index contributed by atoms with van der Waals surface area (Å²) in [5, 5.41) is 4.37. The Morgan fingerprint density at radius 1 is 1.03 bits per heavy atom. The van der Waals surface area contributed by atoms with Crippen molar-refractivity contribution in [1.82, 2.24) is 0 Å². The second-order valence-corrected chi connectivity index (χ2v) is 7.47. The first-order valence-electron chi connectivity index (χ1n) is 8.80. The molecule has 0 saturated heterocycles. The van der Waals surface area contributed by atoms with Crippen LogP contribution in [0.3, 0.4) is 0 Å². The Morgan fingerprint density at radius 3 is 2.55 bits per heavy atom. The van der Waals surface area contributed by atoms with Crippen molar-refractivity contribution in [3.8, 4) is 0 Å². The van der Waals surface area contributed by atoms with E-state index in [1.165, 1.54) is 23.5 Å². The van der Waals surface area contributed by atoms with Gasteiger partial charge in [-0.3, -0.25) is 9.59 Å². The van der Waals surface area contributed by atoms with Gasteiger partial charge in [0, 0.05) is 17.9 Å². The van der Waals surface area contributed by atoms with Crippen molar-refractivity contribution in [2.45, 2.75) is 12.6 Å². The number of nitrogens with one attached hydrogen (secondary N) is 1. The number of alkyl halides is 3. The van der Waals surface area contributed by atoms with Crippen LogP contribution in [0.1, 0.15) is 31.2 Å². The fraction of sp³-hybridized carbons (Fsp3) is 0.143. The van der Waals surface area contributed by atoms with Crippen LogP contribution in [0.15, 0.2) is 60.0 Å². The molecule has 4 rings (SSSR count). The van der Waals surface area contributed by atoms with Crippen LogP contribution < -0.4 is 10.2 Å². The van der Waals surface area contributed by atoms with Gasteiger partial charge in [-0.1, -0.05) is 18.2 Å². The second kappa shape index (κ2) is 7.36. The van der Waals surface area contributed by atoms with Gasteiger partial charge in [-0.25, -0.2) is 0 Å². The molecule has 0 unspecified atom stereocenters. The number of benzene rings is 2. The predicted molar refractivity (Wildman–Crippen MR) is 106 cm³/mol. The number of thiophene rings is 1. The lowest BCUT2D eigenvalue weighted by Crippen LogP contribution is -2.28. The van der Waals surface area contributed by atoms with Crippen LogP contribution in [-0.2, 0) is 12.6 Å². The zero-order valence-electron chi connectivity index (χ0n) is 15.0. The zero-order valence-corrected chi connectivity index (χ0v) is 15.8. The summed E-state index contributed by atoms with van der Waals surface area (Å²) in [4.78, 5) is 27.4. The van der Waals surface area contributed by atoms with Gasteiger partial charge in [-0.05, 0) is 53.8 Å². The molecule has 29 heavy (non-hydrogen) atoms. The van der Waals surface area contributed by atoms with Gasteiger partial charge in [0.2, 0.25) is 0 Å². The van der Waals surface area contributed by atoms with Crippen LogP contribution in [0, 0.1) is 0 Å². The summed E-state index contributed by atoms with van der Waals surface area (Å²) in [6.07, 6.45) is -4.01. The van der Waals surface area contributed by atoms with Gasteiger partial charge < -0.3 is 10.2 Å². The minimum Gasteiger partial charge on any atom is -0.322 e. The van der Waals surface area contributed by atoms with Gasteiger partial charge in [0.1, 0.15) is 0 Å². The SMILES string of the molecule is O=C(Nc1ccc2c(c1)CCN2C(=O)c1cccs1)c1ccccc1C(F)(F)F. The van der Waals surface area contributed by atoms with E-state index in [0.29, 0.717) is 23.5 Å². The van der Waals surface area contributed by atoms with Gasteiger partial charge in [-0.15, -0.1) is 11.3 Å². The fourth-order valence-electron chi connectivity index (χ4n) is 3.35. The molecule has 3 aromatic rings. The molecule has 1 aliphatic rings. The molecule has 1 N–H and O–H groups in total. The first-order valence-corrected chi connectivity index (χ1v) is 9.68. The number of halogens is 3. The van der Waals surface area contributed by atoms with Gasteiger partial charge in [0.15, 0.2) is 0 Å². The van der Waals surface area contributed by atoms with Crippen molar-refractivity contribution in [1.29, 1.82) is 0 Å². The third-order valence-corrected chi connectivity index (χ3v) is 5.54. The van der Waals surface area contributed by atoms with E-state index in [-0.39, 0.29) is 5.91 Å². The lowest BCUT2D eigenvalue weighted by molar-refractivity contribution is -0.137. The average Bonchev–Trinajstić information content (AvgIpc) is 3.36. The maximum absolute atomic E-state index is 13.1. The van der Waals surface area contributed by atoms with Crippen molar-refractivity contribution in [2.24, 2.45) is 0 Å². The highest BCUT2D eigenvalue weighted by Crippen LogP contribution is 2.34. The third-order valence-electron chi connectivity index (χ3n) is 4.69. The number of anilines is 2. The molecule has 0 aliphatic carbocycles. The van der Waals surface area contributed by atoms with Crippen molar-refractivity contribution >= 4 is 34.5 Å². The van der Waals surface area contributed by atoms with E-state index in [1.54, 1.807) is 29.2 Å². The highest BCUT2D eigenvalue weighted by atomic mass is 32.1. The summed E-state index contributed by atoms with van der Waals surface area (Å²) >= 11 is 1.36. The van der Waals surface area contributed by atoms with E-state index >= 15 is 0 Å². The number of hydrogen-bond acceptors (Lipinski definition) is 3. The standard InChI is InChI=1S/C21H15F3N2O2S/c22-21(23,24)16-5-2-1-4-15(16)19(27)25-14-7-8-17-13(12-14)9-10-26(17)20(28)18-6-3-11-29-18/h1-8,11-12H,9-10H2,(H,25,27). The molecule has 0 saturated carbocycles. The molecule has 0 atom stereocenters. The van der Waals surface area contributed by atoms with Crippen LogP contribution in [-0.4, -0.2) is 18.4 Å². The molecule has 148 valence electrons. The monoisotopic (exact) mass is 416 g/mol. The molecule has 0 radical (unpaired) electrons. The lowest BCUT2D eigenvalue weighted by atomic mass is 10.1. The van der Waals surface area contributed by atoms with Gasteiger partial charge in [0.05, 0.1) is 16.0 Å². The molecule has 1 aliphatic heterocycles. The summed E-state index contributed by atoms with van der Waals surface area (Å²) in [5.74, 6) is -0.919. The number of carbonyl (C=O) groups excluding carboxylic acids is 2. The van der Waals surface area contributed by atoms with E-state index in [2.05, 4.69) is 5.32 Å². The zero-order chi connectivity index (χ0) is 20.6. The molecule has 2 aromatic carbocycles. The number of amides is 2. The first kappa shape index (κ1) is 19.2. The molecule has 8 heteroatoms. The summed E-state index contributed by atoms with van der Waals surface area (Å²) in [5.41, 5.74) is 0.575. The first-order chi connectivity index (χ1) is 13.8. The molecular weight excluding hydrogens is 401 g/mol. The maximum Gasteiger partial charge on any atom is 0.417 e. The number of fused-ring (bicyclic) bond motifs is 1. The normalized spacial score (nSPS) is 13.3. The Kier molecular flexibility index (Phi) is 4.87. The molecule has 2 amide bonds. The molecular formula is C21H15F3N2O2S. The quantitative estimate of drug-likeness (QED) is 0.636. The second-order valence-electron chi connectivity index (χ2n) is 6.53. The Balaban J connectivity index is 1.56. The van der Waals surface area contributed by atoms with Crippen molar-refractivity contribution in [2.75, 3.05) is 16.8 Å². The highest BCUT2D eigenvalue weighted by molar-refractivity contribution is 7.12. The third kappa shape index (κ3) is 3.75. The molecule has 0 spiro atoms. The Labute approximate surface area is 168 Å². The van der Waals surface area contributed by atoms with E-state index in [0.717, 1.165) is 23.4 Å². The Morgan fingerprint density at radius 2 is 1.83 bits per heavy atom. The Bertz CT molecular complexity index is 1080. The summed E-state index contributed by atoms with van der Waals surface area (Å²) in [6.45, 7) is 0.514. The summed E-state index contributed by atoms with van der Waals surface area (Å²) in [6, 6.07) is 13.2. The number of nitrogens with zero attached hydrogens (tertiary/aromatic N) is 1. The average molecular weight is 416 g/mol. The smallest absolute Gasteiger partial charge is 0.322 e. The lowest BCUT2D eigenvalue weighted by Gasteiger charge is -2.17. The van der Waals surface area contributed by atoms with E-state index in [1.807, 2.05) is 11.4 Å². The minimum atomic E-state index is -4.62. The highest BCUT2D eigenvalue weighted by Gasteiger charge is 2.35. The molecule has 0 bridgehead atoms. The van der Waals surface area contributed by atoms with E-state index in [4.69, 9.17) is 0 Å². The van der Waals surface area contributed by atoms with Gasteiger partial charge in [0.25, 0.3) is 11.8 Å². The predicted octanol–water partition coefficient (Wildman–Crippen LogP) is 5.22. The molecule has 0 fully saturated rings. The van der Waals surface area contributed by atoms with Gasteiger partial charge in [-0.2, -0.15) is 13.2 Å². The van der Waals surface area contributed by atoms with Crippen LogP contribution >= 0.6 is 11.3 Å². The maximum atomic E-state index is 13.1. The molecule has 2 heterocycles. The van der Waals surface area contributed by atoms with Crippen LogP contribution in [0.25, 0.3) is 0 Å². The van der Waals surface area contributed by atoms with Crippen LogP contribution in [0.4, 0.5) is 24.5 Å². The minimum absolute atomic E-state index is 0.0883. The number of hydrogen-bond donors (Lipinski definition) is 1. The molecule has 4 nitrogen and oxygen atoms in total. The van der Waals surface area contributed by atoms with Crippen LogP contribution in [0.5, 0.6) is 0 Å². The fourth-order valence-corrected chi connectivity index (χ4v) is 4.02. The van der Waals surface area contributed by atoms with Gasteiger partial charge >= 0.3 is 6.18 Å².